The Morgan fingerprint density at radius 2 is 2.00 bits per heavy atom. The summed E-state index contributed by atoms with van der Waals surface area (Å²) < 4.78 is 1.88. The lowest BCUT2D eigenvalue weighted by Gasteiger charge is -2.24. The number of ketones is 1. The van der Waals surface area contributed by atoms with Crippen molar-refractivity contribution in [2.75, 3.05) is 5.75 Å². The molecule has 1 N–H and O–H groups in total. The monoisotopic (exact) mass is 349 g/mol. The molecular weight excluding hydrogens is 326 g/mol. The molecule has 2 heterocycles. The van der Waals surface area contributed by atoms with Gasteiger partial charge in [0.15, 0.2) is 5.16 Å². The lowest BCUT2D eigenvalue weighted by Crippen LogP contribution is -2.44. The summed E-state index contributed by atoms with van der Waals surface area (Å²) in [5.41, 5.74) is 1.39. The van der Waals surface area contributed by atoms with Gasteiger partial charge in [-0.25, -0.2) is 4.98 Å². The Bertz CT molecular complexity index is 769. The van der Waals surface area contributed by atoms with Crippen molar-refractivity contribution in [2.24, 2.45) is 0 Å². The van der Waals surface area contributed by atoms with Crippen LogP contribution in [0.15, 0.2) is 11.2 Å². The first-order valence-electron chi connectivity index (χ1n) is 7.80. The molecule has 0 bridgehead atoms. The number of fused-ring (bicyclic) bond motifs is 1. The Hall–Kier alpha value is -1.96. The van der Waals surface area contributed by atoms with Crippen molar-refractivity contribution in [3.05, 3.63) is 17.5 Å². The summed E-state index contributed by atoms with van der Waals surface area (Å²) in [7, 11) is 0. The molecule has 2 rings (SSSR count). The third kappa shape index (κ3) is 4.77. The van der Waals surface area contributed by atoms with E-state index in [0.29, 0.717) is 24.4 Å². The zero-order valence-electron chi connectivity index (χ0n) is 14.7. The highest BCUT2D eigenvalue weighted by molar-refractivity contribution is 7.99. The van der Waals surface area contributed by atoms with Crippen molar-refractivity contribution in [1.29, 1.82) is 0 Å². The quantitative estimate of drug-likeness (QED) is 0.770. The van der Waals surface area contributed by atoms with Gasteiger partial charge in [0, 0.05) is 35.5 Å². The zero-order valence-corrected chi connectivity index (χ0v) is 15.5. The maximum Gasteiger partial charge on any atom is 0.256 e. The lowest BCUT2D eigenvalue weighted by atomic mass is 9.98. The lowest BCUT2D eigenvalue weighted by molar-refractivity contribution is -0.123. The normalized spacial score (nSPS) is 11.7. The Labute approximate surface area is 145 Å². The number of hydrogen-bond donors (Lipinski definition) is 1. The van der Waals surface area contributed by atoms with Crippen LogP contribution in [-0.4, -0.2) is 42.6 Å². The molecular formula is C16H23N5O2S. The summed E-state index contributed by atoms with van der Waals surface area (Å²) in [6, 6.07) is 1.97. The van der Waals surface area contributed by atoms with Crippen LogP contribution >= 0.6 is 11.8 Å². The van der Waals surface area contributed by atoms with Crippen LogP contribution in [0.1, 0.15) is 45.0 Å². The first-order chi connectivity index (χ1) is 11.2. The van der Waals surface area contributed by atoms with Gasteiger partial charge in [-0.05, 0) is 40.7 Å². The van der Waals surface area contributed by atoms with Gasteiger partial charge in [-0.2, -0.15) is 0 Å². The van der Waals surface area contributed by atoms with E-state index in [1.165, 1.54) is 18.7 Å². The number of carbonyl (C=O) groups excluding carboxylic acids is 2. The molecule has 0 aliphatic heterocycles. The molecule has 0 spiro atoms. The van der Waals surface area contributed by atoms with Gasteiger partial charge in [-0.15, -0.1) is 10.2 Å². The maximum atomic E-state index is 12.1. The summed E-state index contributed by atoms with van der Waals surface area (Å²) in [5.74, 6) is 1.13. The van der Waals surface area contributed by atoms with Gasteiger partial charge in [0.2, 0.25) is 5.91 Å². The van der Waals surface area contributed by atoms with Gasteiger partial charge in [0.25, 0.3) is 5.78 Å². The molecule has 7 nitrogen and oxygen atoms in total. The average Bonchev–Trinajstić information content (AvgIpc) is 2.79. The number of aryl methyl sites for hydroxylation is 2. The zero-order chi connectivity index (χ0) is 17.9. The van der Waals surface area contributed by atoms with Crippen molar-refractivity contribution in [3.8, 4) is 0 Å². The standard InChI is InChI=1S/C16H23N5O2S/c1-10-8-11(2)21-14(17-10)19-20-15(21)24-7-6-13(23)18-16(4,5)9-12(3)22/h8H,6-7,9H2,1-5H3,(H,18,23). The summed E-state index contributed by atoms with van der Waals surface area (Å²) in [4.78, 5) is 27.6. The minimum atomic E-state index is -0.521. The number of hydrogen-bond acceptors (Lipinski definition) is 6. The molecule has 0 fully saturated rings. The van der Waals surface area contributed by atoms with Crippen LogP contribution in [0, 0.1) is 13.8 Å². The molecule has 0 aliphatic rings. The van der Waals surface area contributed by atoms with Gasteiger partial charge >= 0.3 is 0 Å². The Kier molecular flexibility index (Phi) is 5.58. The van der Waals surface area contributed by atoms with Crippen LogP contribution in [0.2, 0.25) is 0 Å². The van der Waals surface area contributed by atoms with Gasteiger partial charge in [-0.3, -0.25) is 14.0 Å². The van der Waals surface area contributed by atoms with Crippen LogP contribution in [-0.2, 0) is 9.59 Å². The largest absolute Gasteiger partial charge is 0.351 e. The second kappa shape index (κ2) is 7.29. The van der Waals surface area contributed by atoms with Gasteiger partial charge in [0.1, 0.15) is 5.78 Å². The number of aromatic nitrogens is 4. The van der Waals surface area contributed by atoms with Crippen LogP contribution < -0.4 is 5.32 Å². The van der Waals surface area contributed by atoms with Gasteiger partial charge in [0.05, 0.1) is 0 Å². The molecule has 0 saturated carbocycles. The van der Waals surface area contributed by atoms with Crippen molar-refractivity contribution in [1.82, 2.24) is 24.9 Å². The molecule has 2 aromatic heterocycles. The van der Waals surface area contributed by atoms with E-state index >= 15 is 0 Å². The smallest absolute Gasteiger partial charge is 0.256 e. The number of carbonyl (C=O) groups is 2. The fourth-order valence-corrected chi connectivity index (χ4v) is 3.56. The van der Waals surface area contributed by atoms with Gasteiger partial charge < -0.3 is 5.32 Å². The highest BCUT2D eigenvalue weighted by atomic mass is 32.2. The molecule has 0 aromatic carbocycles. The van der Waals surface area contributed by atoms with E-state index in [9.17, 15) is 9.59 Å². The number of Topliss-reactive ketones (excluding diaryl/α,β-unsaturated/α-hetero) is 1. The minimum absolute atomic E-state index is 0.0582. The van der Waals surface area contributed by atoms with E-state index in [2.05, 4.69) is 20.5 Å². The van der Waals surface area contributed by atoms with Crippen LogP contribution in [0.5, 0.6) is 0 Å². The molecule has 8 heteroatoms. The van der Waals surface area contributed by atoms with Crippen molar-refractivity contribution in [2.45, 2.75) is 58.2 Å². The number of rotatable bonds is 7. The number of thioether (sulfide) groups is 1. The summed E-state index contributed by atoms with van der Waals surface area (Å²) >= 11 is 1.47. The molecule has 0 atom stereocenters. The summed E-state index contributed by atoms with van der Waals surface area (Å²) in [6.07, 6.45) is 0.671. The third-order valence-corrected chi connectivity index (χ3v) is 4.32. The van der Waals surface area contributed by atoms with Crippen molar-refractivity contribution in [3.63, 3.8) is 0 Å². The minimum Gasteiger partial charge on any atom is -0.351 e. The fourth-order valence-electron chi connectivity index (χ4n) is 2.64. The van der Waals surface area contributed by atoms with Crippen LogP contribution in [0.4, 0.5) is 0 Å². The molecule has 0 radical (unpaired) electrons. The topological polar surface area (TPSA) is 89.2 Å². The number of amides is 1. The van der Waals surface area contributed by atoms with E-state index in [0.717, 1.165) is 16.5 Å². The first-order valence-corrected chi connectivity index (χ1v) is 8.79. The van der Waals surface area contributed by atoms with E-state index in [-0.39, 0.29) is 11.7 Å². The summed E-state index contributed by atoms with van der Waals surface area (Å²) in [5, 5.41) is 11.8. The fraction of sp³-hybridized carbons (Fsp3) is 0.562. The maximum absolute atomic E-state index is 12.1. The van der Waals surface area contributed by atoms with E-state index in [1.54, 1.807) is 0 Å². The summed E-state index contributed by atoms with van der Waals surface area (Å²) in [6.45, 7) is 9.12. The SMILES string of the molecule is CC(=O)CC(C)(C)NC(=O)CCSc1nnc2nc(C)cc(C)n12. The molecule has 1 amide bonds. The molecule has 2 aromatic rings. The second-order valence-corrected chi connectivity index (χ2v) is 7.63. The number of nitrogens with zero attached hydrogens (tertiary/aromatic N) is 4. The molecule has 0 aliphatic carbocycles. The van der Waals surface area contributed by atoms with Crippen LogP contribution in [0.25, 0.3) is 5.78 Å². The molecule has 0 saturated heterocycles. The van der Waals surface area contributed by atoms with E-state index in [4.69, 9.17) is 0 Å². The Balaban J connectivity index is 1.93. The first kappa shape index (κ1) is 18.4. The van der Waals surface area contributed by atoms with Crippen LogP contribution in [0.3, 0.4) is 0 Å². The third-order valence-electron chi connectivity index (χ3n) is 3.39. The Morgan fingerprint density at radius 1 is 1.29 bits per heavy atom. The van der Waals surface area contributed by atoms with E-state index < -0.39 is 5.54 Å². The highest BCUT2D eigenvalue weighted by Gasteiger charge is 2.22. The van der Waals surface area contributed by atoms with Gasteiger partial charge in [-0.1, -0.05) is 11.8 Å². The highest BCUT2D eigenvalue weighted by Crippen LogP contribution is 2.19. The predicted molar refractivity (Wildman–Crippen MR) is 93.1 cm³/mol. The number of nitrogens with one attached hydrogen (secondary N) is 1. The Morgan fingerprint density at radius 3 is 2.67 bits per heavy atom. The van der Waals surface area contributed by atoms with E-state index in [1.807, 2.05) is 38.2 Å². The van der Waals surface area contributed by atoms with Crippen molar-refractivity contribution >= 4 is 29.2 Å². The second-order valence-electron chi connectivity index (χ2n) is 6.57. The van der Waals surface area contributed by atoms with Crippen molar-refractivity contribution < 1.29 is 9.59 Å². The molecule has 24 heavy (non-hydrogen) atoms. The molecule has 130 valence electrons. The predicted octanol–water partition coefficient (Wildman–Crippen LogP) is 2.10. The average molecular weight is 349 g/mol. The molecule has 0 unspecified atom stereocenters.